The molecule has 1 heterocycles. The number of fused-ring (bicyclic) bond motifs is 1. The topological polar surface area (TPSA) is 57.6 Å². The normalized spacial score (nSPS) is 30.6. The molecular formula is C15H17NO3. The second-order valence-corrected chi connectivity index (χ2v) is 5.66. The molecule has 1 aromatic rings. The van der Waals surface area contributed by atoms with Crippen molar-refractivity contribution in [2.45, 2.75) is 26.2 Å². The second-order valence-electron chi connectivity index (χ2n) is 5.66. The fraction of sp³-hybridized carbons (Fsp3) is 0.467. The minimum atomic E-state index is -0.168. The molecule has 4 nitrogen and oxygen atoms in total. The number of hydrogen-bond donors (Lipinski definition) is 1. The van der Waals surface area contributed by atoms with E-state index in [1.165, 1.54) is 17.0 Å². The molecule has 1 aromatic carbocycles. The van der Waals surface area contributed by atoms with Crippen molar-refractivity contribution < 1.29 is 14.7 Å². The van der Waals surface area contributed by atoms with Crippen LogP contribution in [0.2, 0.25) is 0 Å². The second kappa shape index (κ2) is 4.37. The molecule has 0 aromatic heterocycles. The molecule has 2 amide bonds. The highest BCUT2D eigenvalue weighted by Gasteiger charge is 2.49. The molecule has 1 N–H and O–H groups in total. The summed E-state index contributed by atoms with van der Waals surface area (Å²) in [5.74, 6) is 0.0350. The van der Waals surface area contributed by atoms with Crippen LogP contribution in [-0.2, 0) is 9.59 Å². The molecule has 1 aliphatic carbocycles. The predicted octanol–water partition coefficient (Wildman–Crippen LogP) is 2.32. The van der Waals surface area contributed by atoms with Crippen LogP contribution in [0.5, 0.6) is 5.75 Å². The summed E-state index contributed by atoms with van der Waals surface area (Å²) >= 11 is 0. The molecule has 3 atom stereocenters. The third kappa shape index (κ3) is 1.91. The smallest absolute Gasteiger partial charge is 0.237 e. The number of hydrogen-bond acceptors (Lipinski definition) is 3. The lowest BCUT2D eigenvalue weighted by Gasteiger charge is -2.25. The van der Waals surface area contributed by atoms with Crippen LogP contribution in [0.25, 0.3) is 0 Å². The maximum Gasteiger partial charge on any atom is 0.237 e. The number of carbonyl (C=O) groups is 2. The Morgan fingerprint density at radius 1 is 1.16 bits per heavy atom. The Morgan fingerprint density at radius 3 is 2.63 bits per heavy atom. The van der Waals surface area contributed by atoms with Crippen LogP contribution in [0.15, 0.2) is 24.3 Å². The lowest BCUT2D eigenvalue weighted by Crippen LogP contribution is -2.30. The van der Waals surface area contributed by atoms with Crippen molar-refractivity contribution in [2.75, 3.05) is 4.90 Å². The number of amides is 2. The number of anilines is 1. The van der Waals surface area contributed by atoms with Gasteiger partial charge in [-0.25, -0.2) is 4.90 Å². The van der Waals surface area contributed by atoms with Crippen LogP contribution >= 0.6 is 0 Å². The van der Waals surface area contributed by atoms with Crippen LogP contribution in [0, 0.1) is 17.8 Å². The van der Waals surface area contributed by atoms with E-state index in [4.69, 9.17) is 0 Å². The van der Waals surface area contributed by atoms with Gasteiger partial charge in [-0.15, -0.1) is 0 Å². The highest BCUT2D eigenvalue weighted by atomic mass is 16.3. The number of imide groups is 1. The van der Waals surface area contributed by atoms with Gasteiger partial charge < -0.3 is 5.11 Å². The van der Waals surface area contributed by atoms with Gasteiger partial charge in [-0.05, 0) is 37.3 Å². The van der Waals surface area contributed by atoms with Gasteiger partial charge in [0, 0.05) is 6.07 Å². The molecule has 100 valence electrons. The number of phenols is 1. The van der Waals surface area contributed by atoms with Crippen LogP contribution in [0.3, 0.4) is 0 Å². The Balaban J connectivity index is 1.95. The van der Waals surface area contributed by atoms with Gasteiger partial charge in [0.15, 0.2) is 0 Å². The van der Waals surface area contributed by atoms with Gasteiger partial charge in [0.05, 0.1) is 17.5 Å². The van der Waals surface area contributed by atoms with Crippen LogP contribution in [0.1, 0.15) is 26.2 Å². The summed E-state index contributed by atoms with van der Waals surface area (Å²) in [4.78, 5) is 26.1. The minimum Gasteiger partial charge on any atom is -0.508 e. The lowest BCUT2D eigenvalue weighted by atomic mass is 9.76. The Hall–Kier alpha value is -1.84. The Labute approximate surface area is 112 Å². The van der Waals surface area contributed by atoms with E-state index < -0.39 is 0 Å². The summed E-state index contributed by atoms with van der Waals surface area (Å²) in [6.45, 7) is 2.13. The number of phenolic OH excluding ortho intramolecular Hbond substituents is 1. The molecule has 4 heteroatoms. The maximum absolute atomic E-state index is 12.4. The standard InChI is InChI=1S/C15H17NO3/c1-9-5-6-12-13(7-9)15(19)16(14(12)18)10-3-2-4-11(17)8-10/h2-4,8-9,12-13,17H,5-7H2,1H3/t9-,12-,13+/m1/s1. The number of aromatic hydroxyl groups is 1. The van der Waals surface area contributed by atoms with Crippen molar-refractivity contribution in [3.63, 3.8) is 0 Å². The number of nitrogens with zero attached hydrogens (tertiary/aromatic N) is 1. The largest absolute Gasteiger partial charge is 0.508 e. The molecule has 2 aliphatic rings. The fourth-order valence-electron chi connectivity index (χ4n) is 3.28. The van der Waals surface area contributed by atoms with Crippen molar-refractivity contribution >= 4 is 17.5 Å². The van der Waals surface area contributed by atoms with Gasteiger partial charge in [0.25, 0.3) is 0 Å². The minimum absolute atomic E-state index is 0.0707. The molecule has 3 rings (SSSR count). The lowest BCUT2D eigenvalue weighted by molar-refractivity contribution is -0.122. The van der Waals surface area contributed by atoms with Crippen molar-refractivity contribution in [3.8, 4) is 5.75 Å². The first-order valence-electron chi connectivity index (χ1n) is 6.75. The Kier molecular flexibility index (Phi) is 2.81. The molecule has 2 fully saturated rings. The van der Waals surface area contributed by atoms with E-state index in [1.807, 2.05) is 0 Å². The average molecular weight is 259 g/mol. The third-order valence-electron chi connectivity index (χ3n) is 4.28. The van der Waals surface area contributed by atoms with Crippen LogP contribution < -0.4 is 4.90 Å². The zero-order valence-corrected chi connectivity index (χ0v) is 10.9. The van der Waals surface area contributed by atoms with Gasteiger partial charge in [-0.2, -0.15) is 0 Å². The number of carbonyl (C=O) groups excluding carboxylic acids is 2. The zero-order chi connectivity index (χ0) is 13.6. The van der Waals surface area contributed by atoms with E-state index in [9.17, 15) is 14.7 Å². The van der Waals surface area contributed by atoms with E-state index in [2.05, 4.69) is 6.92 Å². The summed E-state index contributed by atoms with van der Waals surface area (Å²) in [7, 11) is 0. The average Bonchev–Trinajstić information content (AvgIpc) is 2.61. The molecular weight excluding hydrogens is 242 g/mol. The van der Waals surface area contributed by atoms with Gasteiger partial charge in [-0.1, -0.05) is 13.0 Å². The van der Waals surface area contributed by atoms with E-state index in [1.54, 1.807) is 12.1 Å². The molecule has 19 heavy (non-hydrogen) atoms. The quantitative estimate of drug-likeness (QED) is 0.787. The highest BCUT2D eigenvalue weighted by molar-refractivity contribution is 6.22. The highest BCUT2D eigenvalue weighted by Crippen LogP contribution is 2.42. The first-order chi connectivity index (χ1) is 9.08. The SMILES string of the molecule is C[C@@H]1CC[C@H]2C(=O)N(c3cccc(O)c3)C(=O)[C@H]2C1. The molecule has 1 aliphatic heterocycles. The first-order valence-corrected chi connectivity index (χ1v) is 6.75. The van der Waals surface area contributed by atoms with Crippen molar-refractivity contribution in [3.05, 3.63) is 24.3 Å². The fourth-order valence-corrected chi connectivity index (χ4v) is 3.28. The van der Waals surface area contributed by atoms with E-state index in [0.717, 1.165) is 19.3 Å². The van der Waals surface area contributed by atoms with E-state index >= 15 is 0 Å². The first kappa shape index (κ1) is 12.2. The van der Waals surface area contributed by atoms with Crippen molar-refractivity contribution in [1.29, 1.82) is 0 Å². The summed E-state index contributed by atoms with van der Waals surface area (Å²) in [6, 6.07) is 6.34. The molecule has 0 radical (unpaired) electrons. The van der Waals surface area contributed by atoms with E-state index in [-0.39, 0.29) is 29.4 Å². The molecule has 0 unspecified atom stereocenters. The molecule has 1 saturated heterocycles. The van der Waals surface area contributed by atoms with Crippen molar-refractivity contribution in [2.24, 2.45) is 17.8 Å². The van der Waals surface area contributed by atoms with E-state index in [0.29, 0.717) is 11.6 Å². The summed E-state index contributed by atoms with van der Waals surface area (Å²) in [5.41, 5.74) is 0.483. The number of rotatable bonds is 1. The van der Waals surface area contributed by atoms with Crippen LogP contribution in [-0.4, -0.2) is 16.9 Å². The monoisotopic (exact) mass is 259 g/mol. The Morgan fingerprint density at radius 2 is 1.89 bits per heavy atom. The summed E-state index contributed by atoms with van der Waals surface area (Å²) in [6.07, 6.45) is 2.60. The maximum atomic E-state index is 12.4. The molecule has 0 spiro atoms. The van der Waals surface area contributed by atoms with Crippen molar-refractivity contribution in [1.82, 2.24) is 0 Å². The van der Waals surface area contributed by atoms with Gasteiger partial charge in [-0.3, -0.25) is 9.59 Å². The molecule has 1 saturated carbocycles. The zero-order valence-electron chi connectivity index (χ0n) is 10.9. The Bertz CT molecular complexity index is 540. The van der Waals surface area contributed by atoms with Gasteiger partial charge >= 0.3 is 0 Å². The van der Waals surface area contributed by atoms with Crippen LogP contribution in [0.4, 0.5) is 5.69 Å². The number of benzene rings is 1. The summed E-state index contributed by atoms with van der Waals surface area (Å²) < 4.78 is 0. The molecule has 0 bridgehead atoms. The van der Waals surface area contributed by atoms with Gasteiger partial charge in [0.2, 0.25) is 11.8 Å². The van der Waals surface area contributed by atoms with Gasteiger partial charge in [0.1, 0.15) is 5.75 Å². The predicted molar refractivity (Wildman–Crippen MR) is 70.6 cm³/mol. The third-order valence-corrected chi connectivity index (χ3v) is 4.28. The summed E-state index contributed by atoms with van der Waals surface area (Å²) in [5, 5.41) is 9.50.